The number of nitrogens with zero attached hydrogens (tertiary/aromatic N) is 3. The summed E-state index contributed by atoms with van der Waals surface area (Å²) in [4.78, 5) is 48.2. The number of carbonyl (C=O) groups is 3. The van der Waals surface area contributed by atoms with E-state index in [1.54, 1.807) is 41.0 Å². The summed E-state index contributed by atoms with van der Waals surface area (Å²) >= 11 is 6.24. The fraction of sp³-hybridized carbons (Fsp3) is 0.273. The van der Waals surface area contributed by atoms with Gasteiger partial charge >= 0.3 is 0 Å². The van der Waals surface area contributed by atoms with E-state index in [2.05, 4.69) is 15.3 Å². The van der Waals surface area contributed by atoms with Gasteiger partial charge in [-0.15, -0.1) is 0 Å². The van der Waals surface area contributed by atoms with Crippen LogP contribution in [0.4, 0.5) is 0 Å². The van der Waals surface area contributed by atoms with Crippen molar-refractivity contribution in [3.63, 3.8) is 0 Å². The molecular formula is C22H20ClN5O3. The molecular weight excluding hydrogens is 418 g/mol. The molecule has 9 heteroatoms. The molecule has 2 aliphatic heterocycles. The second-order valence-electron chi connectivity index (χ2n) is 7.75. The Morgan fingerprint density at radius 2 is 1.81 bits per heavy atom. The van der Waals surface area contributed by atoms with Crippen LogP contribution in [0.25, 0.3) is 22.4 Å². The number of nitrogens with one attached hydrogen (secondary N) is 2. The van der Waals surface area contributed by atoms with Crippen molar-refractivity contribution in [3.8, 4) is 11.4 Å². The lowest BCUT2D eigenvalue weighted by atomic mass is 10.0. The Balaban J connectivity index is 1.44. The highest BCUT2D eigenvalue weighted by atomic mass is 35.5. The number of fused-ring (bicyclic) bond motifs is 2. The molecule has 3 amide bonds. The first-order chi connectivity index (χ1) is 14.9. The second kappa shape index (κ2) is 7.39. The van der Waals surface area contributed by atoms with E-state index in [0.29, 0.717) is 65.8 Å². The van der Waals surface area contributed by atoms with Gasteiger partial charge in [-0.05, 0) is 30.3 Å². The first-order valence-electron chi connectivity index (χ1n) is 10.1. The molecule has 0 atom stereocenters. The van der Waals surface area contributed by atoms with Crippen LogP contribution in [0.3, 0.4) is 0 Å². The lowest BCUT2D eigenvalue weighted by Gasteiger charge is -2.34. The molecule has 0 saturated carbocycles. The quantitative estimate of drug-likeness (QED) is 0.643. The van der Waals surface area contributed by atoms with Crippen LogP contribution in [0.5, 0.6) is 0 Å². The topological polar surface area (TPSA) is 98.4 Å². The Hall–Kier alpha value is -3.39. The molecule has 0 spiro atoms. The molecule has 0 unspecified atom stereocenters. The third kappa shape index (κ3) is 3.33. The van der Waals surface area contributed by atoms with Gasteiger partial charge < -0.3 is 20.1 Å². The first kappa shape index (κ1) is 19.6. The summed E-state index contributed by atoms with van der Waals surface area (Å²) in [6, 6.07) is 8.89. The van der Waals surface area contributed by atoms with Crippen molar-refractivity contribution in [3.05, 3.63) is 52.0 Å². The third-order valence-corrected chi connectivity index (χ3v) is 6.26. The Labute approximate surface area is 183 Å². The molecule has 1 fully saturated rings. The number of imidazole rings is 1. The lowest BCUT2D eigenvalue weighted by molar-refractivity contribution is -0.130. The lowest BCUT2D eigenvalue weighted by Crippen LogP contribution is -2.50. The van der Waals surface area contributed by atoms with E-state index in [-0.39, 0.29) is 17.7 Å². The fourth-order valence-corrected chi connectivity index (χ4v) is 4.41. The summed E-state index contributed by atoms with van der Waals surface area (Å²) < 4.78 is 0. The molecule has 0 aliphatic carbocycles. The molecule has 8 nitrogen and oxygen atoms in total. The fourth-order valence-electron chi connectivity index (χ4n) is 4.18. The molecule has 158 valence electrons. The van der Waals surface area contributed by atoms with Gasteiger partial charge in [-0.2, -0.15) is 0 Å². The van der Waals surface area contributed by atoms with Gasteiger partial charge in [0.15, 0.2) is 0 Å². The first-order valence-corrected chi connectivity index (χ1v) is 10.4. The number of halogens is 1. The number of amides is 3. The Morgan fingerprint density at radius 3 is 2.55 bits per heavy atom. The summed E-state index contributed by atoms with van der Waals surface area (Å²) in [5.41, 5.74) is 3.94. The number of hydrogen-bond donors (Lipinski definition) is 2. The third-order valence-electron chi connectivity index (χ3n) is 5.91. The van der Waals surface area contributed by atoms with Gasteiger partial charge in [0.2, 0.25) is 5.91 Å². The molecule has 5 rings (SSSR count). The maximum absolute atomic E-state index is 12.9. The number of aromatic amines is 1. The van der Waals surface area contributed by atoms with Gasteiger partial charge in [-0.3, -0.25) is 14.4 Å². The van der Waals surface area contributed by atoms with Crippen LogP contribution in [-0.2, 0) is 11.3 Å². The zero-order valence-corrected chi connectivity index (χ0v) is 17.6. The second-order valence-corrected chi connectivity index (χ2v) is 8.15. The number of rotatable bonds is 2. The van der Waals surface area contributed by atoms with Crippen LogP contribution in [0.1, 0.15) is 33.2 Å². The van der Waals surface area contributed by atoms with Crippen molar-refractivity contribution in [1.82, 2.24) is 25.1 Å². The molecule has 0 radical (unpaired) electrons. The van der Waals surface area contributed by atoms with Crippen molar-refractivity contribution < 1.29 is 14.4 Å². The number of carbonyl (C=O) groups excluding carboxylic acids is 3. The summed E-state index contributed by atoms with van der Waals surface area (Å²) in [7, 11) is 0. The van der Waals surface area contributed by atoms with Gasteiger partial charge in [-0.1, -0.05) is 11.6 Å². The summed E-state index contributed by atoms with van der Waals surface area (Å²) in [5.74, 6) is 0.328. The highest BCUT2D eigenvalue weighted by Gasteiger charge is 2.27. The summed E-state index contributed by atoms with van der Waals surface area (Å²) in [6.07, 6.45) is 0. The number of aromatic nitrogens is 2. The van der Waals surface area contributed by atoms with Crippen molar-refractivity contribution in [2.45, 2.75) is 13.5 Å². The van der Waals surface area contributed by atoms with Crippen LogP contribution in [0, 0.1) is 0 Å². The maximum atomic E-state index is 12.9. The normalized spacial score (nSPS) is 15.9. The Morgan fingerprint density at radius 1 is 1.06 bits per heavy atom. The van der Waals surface area contributed by atoms with E-state index < -0.39 is 0 Å². The monoisotopic (exact) mass is 437 g/mol. The highest BCUT2D eigenvalue weighted by molar-refractivity contribution is 6.32. The Kier molecular flexibility index (Phi) is 4.66. The molecule has 0 bridgehead atoms. The molecule has 2 aliphatic rings. The van der Waals surface area contributed by atoms with E-state index in [9.17, 15) is 14.4 Å². The van der Waals surface area contributed by atoms with E-state index in [1.165, 1.54) is 0 Å². The van der Waals surface area contributed by atoms with Gasteiger partial charge in [0, 0.05) is 61.4 Å². The standard InChI is InChI=1S/C22H20ClN5O3/c1-12(29)27-6-8-28(9-7-27)22(31)13-2-5-17-18(10-13)26-20(25-17)14-3-4-16(23)15-11-24-21(30)19(14)15/h2-5,10H,6-9,11H2,1H3,(H,24,30)(H,25,26). The molecule has 1 aromatic heterocycles. The van der Waals surface area contributed by atoms with Gasteiger partial charge in [-0.25, -0.2) is 4.98 Å². The molecule has 1 saturated heterocycles. The predicted molar refractivity (Wildman–Crippen MR) is 116 cm³/mol. The average Bonchev–Trinajstić information content (AvgIpc) is 3.37. The molecule has 2 aromatic carbocycles. The maximum Gasteiger partial charge on any atom is 0.254 e. The molecule has 3 aromatic rings. The number of hydrogen-bond acceptors (Lipinski definition) is 4. The van der Waals surface area contributed by atoms with Gasteiger partial charge in [0.05, 0.1) is 16.6 Å². The number of H-pyrrole nitrogens is 1. The van der Waals surface area contributed by atoms with Crippen LogP contribution in [0.2, 0.25) is 5.02 Å². The number of benzene rings is 2. The van der Waals surface area contributed by atoms with Crippen molar-refractivity contribution in [1.29, 1.82) is 0 Å². The van der Waals surface area contributed by atoms with Crippen LogP contribution < -0.4 is 5.32 Å². The van der Waals surface area contributed by atoms with Gasteiger partial charge in [0.25, 0.3) is 11.8 Å². The van der Waals surface area contributed by atoms with E-state index >= 15 is 0 Å². The summed E-state index contributed by atoms with van der Waals surface area (Å²) in [6.45, 7) is 4.04. The summed E-state index contributed by atoms with van der Waals surface area (Å²) in [5, 5.41) is 3.35. The largest absolute Gasteiger partial charge is 0.348 e. The highest BCUT2D eigenvalue weighted by Crippen LogP contribution is 2.33. The van der Waals surface area contributed by atoms with E-state index in [4.69, 9.17) is 11.6 Å². The number of piperazine rings is 1. The molecule has 3 heterocycles. The zero-order chi connectivity index (χ0) is 21.7. The van der Waals surface area contributed by atoms with E-state index in [1.807, 2.05) is 6.07 Å². The molecule has 2 N–H and O–H groups in total. The minimum atomic E-state index is -0.173. The zero-order valence-electron chi connectivity index (χ0n) is 16.9. The minimum Gasteiger partial charge on any atom is -0.348 e. The van der Waals surface area contributed by atoms with Crippen LogP contribution in [0.15, 0.2) is 30.3 Å². The SMILES string of the molecule is CC(=O)N1CCN(C(=O)c2ccc3[nH]c(-c4ccc(Cl)c5c4C(=O)NC5)nc3c2)CC1. The van der Waals surface area contributed by atoms with E-state index in [0.717, 1.165) is 11.1 Å². The predicted octanol–water partition coefficient (Wildman–Crippen LogP) is 2.43. The van der Waals surface area contributed by atoms with Crippen molar-refractivity contribution >= 4 is 40.4 Å². The average molecular weight is 438 g/mol. The Bertz CT molecular complexity index is 1240. The van der Waals surface area contributed by atoms with Gasteiger partial charge in [0.1, 0.15) is 5.82 Å². The van der Waals surface area contributed by atoms with Crippen molar-refractivity contribution in [2.24, 2.45) is 0 Å². The van der Waals surface area contributed by atoms with Crippen molar-refractivity contribution in [2.75, 3.05) is 26.2 Å². The van der Waals surface area contributed by atoms with Crippen LogP contribution in [-0.4, -0.2) is 63.7 Å². The molecule has 31 heavy (non-hydrogen) atoms. The van der Waals surface area contributed by atoms with Crippen LogP contribution >= 0.6 is 11.6 Å². The smallest absolute Gasteiger partial charge is 0.254 e. The minimum absolute atomic E-state index is 0.0277.